The third-order valence-electron chi connectivity index (χ3n) is 3.31. The molecule has 102 valence electrons. The lowest BCUT2D eigenvalue weighted by molar-refractivity contribution is 0.671. The molecule has 0 aliphatic heterocycles. The van der Waals surface area contributed by atoms with Crippen LogP contribution in [0.2, 0.25) is 0 Å². The number of imidazole rings is 2. The molecule has 0 bridgehead atoms. The Labute approximate surface area is 126 Å². The second-order valence-corrected chi connectivity index (χ2v) is 5.64. The molecule has 0 unspecified atom stereocenters. The number of aryl methyl sites for hydroxylation is 1. The van der Waals surface area contributed by atoms with Crippen molar-refractivity contribution in [3.05, 3.63) is 70.7 Å². The third kappa shape index (κ3) is 2.82. The number of halogens is 1. The van der Waals surface area contributed by atoms with Gasteiger partial charge in [0, 0.05) is 42.7 Å². The number of aromatic nitrogens is 4. The van der Waals surface area contributed by atoms with Gasteiger partial charge in [-0.15, -0.1) is 0 Å². The summed E-state index contributed by atoms with van der Waals surface area (Å²) in [5.74, 6) is 2.08. The van der Waals surface area contributed by atoms with E-state index in [-0.39, 0.29) is 0 Å². The molecule has 0 aliphatic carbocycles. The molecule has 20 heavy (non-hydrogen) atoms. The molecule has 0 saturated heterocycles. The van der Waals surface area contributed by atoms with Gasteiger partial charge in [-0.2, -0.15) is 0 Å². The highest BCUT2D eigenvalue weighted by molar-refractivity contribution is 9.10. The van der Waals surface area contributed by atoms with Gasteiger partial charge in [-0.3, -0.25) is 0 Å². The maximum atomic E-state index is 4.46. The lowest BCUT2D eigenvalue weighted by Crippen LogP contribution is -2.09. The monoisotopic (exact) mass is 330 g/mol. The smallest absolute Gasteiger partial charge is 0.128 e. The fourth-order valence-corrected chi connectivity index (χ4v) is 2.40. The first kappa shape index (κ1) is 13.1. The van der Waals surface area contributed by atoms with Crippen LogP contribution in [0.15, 0.2) is 53.5 Å². The predicted octanol–water partition coefficient (Wildman–Crippen LogP) is 3.02. The first-order valence-corrected chi connectivity index (χ1v) is 7.22. The Hall–Kier alpha value is -1.88. The fraction of sp³-hybridized carbons (Fsp3) is 0.200. The zero-order valence-corrected chi connectivity index (χ0v) is 12.8. The van der Waals surface area contributed by atoms with Gasteiger partial charge in [0.2, 0.25) is 0 Å². The van der Waals surface area contributed by atoms with Gasteiger partial charge in [-0.1, -0.05) is 28.1 Å². The Morgan fingerprint density at radius 1 is 1.00 bits per heavy atom. The van der Waals surface area contributed by atoms with Crippen molar-refractivity contribution < 1.29 is 0 Å². The van der Waals surface area contributed by atoms with E-state index >= 15 is 0 Å². The molecule has 3 rings (SSSR count). The summed E-state index contributed by atoms with van der Waals surface area (Å²) in [5, 5.41) is 0. The molecule has 0 fully saturated rings. The van der Waals surface area contributed by atoms with Gasteiger partial charge in [0.25, 0.3) is 0 Å². The van der Waals surface area contributed by atoms with E-state index in [2.05, 4.69) is 54.7 Å². The van der Waals surface area contributed by atoms with Crippen LogP contribution in [0.4, 0.5) is 0 Å². The van der Waals surface area contributed by atoms with E-state index in [1.165, 1.54) is 5.56 Å². The molecular formula is C15H15BrN4. The van der Waals surface area contributed by atoms with Crippen molar-refractivity contribution in [2.45, 2.75) is 13.0 Å². The predicted molar refractivity (Wildman–Crippen MR) is 81.5 cm³/mol. The fourth-order valence-electron chi connectivity index (χ4n) is 2.14. The Bertz CT molecular complexity index is 697. The Morgan fingerprint density at radius 2 is 1.70 bits per heavy atom. The molecule has 1 aromatic carbocycles. The second-order valence-electron chi connectivity index (χ2n) is 4.73. The van der Waals surface area contributed by atoms with Gasteiger partial charge in [0.15, 0.2) is 0 Å². The van der Waals surface area contributed by atoms with Crippen molar-refractivity contribution in [3.8, 4) is 0 Å². The Morgan fingerprint density at radius 3 is 2.40 bits per heavy atom. The summed E-state index contributed by atoms with van der Waals surface area (Å²) < 4.78 is 5.27. The molecule has 0 saturated carbocycles. The molecule has 0 spiro atoms. The van der Waals surface area contributed by atoms with E-state index in [1.807, 2.05) is 36.4 Å². The van der Waals surface area contributed by atoms with Gasteiger partial charge in [0.05, 0.1) is 6.54 Å². The van der Waals surface area contributed by atoms with E-state index in [4.69, 9.17) is 0 Å². The zero-order chi connectivity index (χ0) is 13.9. The minimum absolute atomic E-state index is 0.745. The van der Waals surface area contributed by atoms with Crippen molar-refractivity contribution >= 4 is 15.9 Å². The van der Waals surface area contributed by atoms with Gasteiger partial charge in [0.1, 0.15) is 11.6 Å². The lowest BCUT2D eigenvalue weighted by Gasteiger charge is -2.08. The van der Waals surface area contributed by atoms with Crippen molar-refractivity contribution in [1.82, 2.24) is 19.1 Å². The van der Waals surface area contributed by atoms with Crippen molar-refractivity contribution in [1.29, 1.82) is 0 Å². The third-order valence-corrected chi connectivity index (χ3v) is 3.84. The molecule has 0 radical (unpaired) electrons. The second kappa shape index (κ2) is 5.63. The number of rotatable bonds is 4. The maximum absolute atomic E-state index is 4.46. The van der Waals surface area contributed by atoms with Gasteiger partial charge < -0.3 is 9.13 Å². The van der Waals surface area contributed by atoms with E-state index in [9.17, 15) is 0 Å². The van der Waals surface area contributed by atoms with Crippen LogP contribution in [-0.4, -0.2) is 19.1 Å². The number of benzene rings is 1. The van der Waals surface area contributed by atoms with Crippen LogP contribution < -0.4 is 0 Å². The van der Waals surface area contributed by atoms with Crippen LogP contribution in [-0.2, 0) is 20.0 Å². The molecule has 5 heteroatoms. The Kier molecular flexibility index (Phi) is 3.69. The first-order chi connectivity index (χ1) is 9.72. The summed E-state index contributed by atoms with van der Waals surface area (Å²) in [6.07, 6.45) is 8.45. The van der Waals surface area contributed by atoms with Crippen molar-refractivity contribution in [2.24, 2.45) is 7.05 Å². The van der Waals surface area contributed by atoms with Gasteiger partial charge in [-0.25, -0.2) is 9.97 Å². The number of hydrogen-bond donors (Lipinski definition) is 0. The Balaban J connectivity index is 1.80. The molecule has 0 aliphatic rings. The summed E-state index contributed by atoms with van der Waals surface area (Å²) in [6, 6.07) is 8.34. The zero-order valence-electron chi connectivity index (χ0n) is 11.2. The highest BCUT2D eigenvalue weighted by Gasteiger charge is 2.07. The van der Waals surface area contributed by atoms with Crippen LogP contribution in [0.5, 0.6) is 0 Å². The topological polar surface area (TPSA) is 35.6 Å². The van der Waals surface area contributed by atoms with Crippen LogP contribution in [0.25, 0.3) is 0 Å². The quantitative estimate of drug-likeness (QED) is 0.737. The largest absolute Gasteiger partial charge is 0.337 e. The van der Waals surface area contributed by atoms with E-state index in [1.54, 1.807) is 0 Å². The van der Waals surface area contributed by atoms with Crippen LogP contribution >= 0.6 is 15.9 Å². The molecule has 0 amide bonds. The van der Waals surface area contributed by atoms with Crippen molar-refractivity contribution in [3.63, 3.8) is 0 Å². The summed E-state index contributed by atoms with van der Waals surface area (Å²) in [4.78, 5) is 8.82. The van der Waals surface area contributed by atoms with Crippen LogP contribution in [0.3, 0.4) is 0 Å². The highest BCUT2D eigenvalue weighted by atomic mass is 79.9. The standard InChI is InChI=1S/C15H15BrN4/c1-19-8-6-18-15(19)11-20-9-7-17-14(20)10-12-2-4-13(16)5-3-12/h2-9H,10-11H2,1H3. The maximum Gasteiger partial charge on any atom is 0.128 e. The molecule has 0 N–H and O–H groups in total. The molecule has 3 aromatic rings. The number of hydrogen-bond acceptors (Lipinski definition) is 2. The molecule has 4 nitrogen and oxygen atoms in total. The van der Waals surface area contributed by atoms with Gasteiger partial charge >= 0.3 is 0 Å². The van der Waals surface area contributed by atoms with E-state index in [0.717, 1.165) is 29.1 Å². The normalized spacial score (nSPS) is 10.9. The first-order valence-electron chi connectivity index (χ1n) is 6.43. The summed E-state index contributed by atoms with van der Waals surface area (Å²) in [6.45, 7) is 0.745. The average molecular weight is 331 g/mol. The summed E-state index contributed by atoms with van der Waals surface area (Å²) >= 11 is 3.45. The SMILES string of the molecule is Cn1ccnc1Cn1ccnc1Cc1ccc(Br)cc1. The van der Waals surface area contributed by atoms with Crippen LogP contribution in [0.1, 0.15) is 17.2 Å². The highest BCUT2D eigenvalue weighted by Crippen LogP contribution is 2.14. The average Bonchev–Trinajstić information content (AvgIpc) is 3.04. The van der Waals surface area contributed by atoms with Crippen LogP contribution in [0, 0.1) is 0 Å². The lowest BCUT2D eigenvalue weighted by atomic mass is 10.1. The molecular weight excluding hydrogens is 316 g/mol. The van der Waals surface area contributed by atoms with Gasteiger partial charge in [-0.05, 0) is 17.7 Å². The minimum Gasteiger partial charge on any atom is -0.337 e. The molecule has 2 heterocycles. The van der Waals surface area contributed by atoms with E-state index in [0.29, 0.717) is 0 Å². The van der Waals surface area contributed by atoms with Crippen molar-refractivity contribution in [2.75, 3.05) is 0 Å². The van der Waals surface area contributed by atoms with E-state index < -0.39 is 0 Å². The number of nitrogens with zero attached hydrogens (tertiary/aromatic N) is 4. The molecule has 0 atom stereocenters. The minimum atomic E-state index is 0.745. The summed E-state index contributed by atoms with van der Waals surface area (Å²) in [7, 11) is 2.01. The summed E-state index contributed by atoms with van der Waals surface area (Å²) in [5.41, 5.74) is 1.25. The molecule has 2 aromatic heterocycles.